The lowest BCUT2D eigenvalue weighted by molar-refractivity contribution is 0.0865. The van der Waals surface area contributed by atoms with Gasteiger partial charge in [-0.2, -0.15) is 0 Å². The van der Waals surface area contributed by atoms with E-state index in [1.807, 2.05) is 24.3 Å². The quantitative estimate of drug-likeness (QED) is 0.392. The van der Waals surface area contributed by atoms with Crippen LogP contribution in [-0.4, -0.2) is 28.5 Å². The number of rotatable bonds is 5. The molecule has 178 valence electrons. The number of nitrogens with zero attached hydrogens (tertiary/aromatic N) is 1. The Morgan fingerprint density at radius 3 is 2.31 bits per heavy atom. The average molecular weight is 506 g/mol. The third-order valence-electron chi connectivity index (χ3n) is 6.33. The second-order valence-corrected chi connectivity index (χ2v) is 10.2. The molecule has 1 saturated carbocycles. The first-order valence-corrected chi connectivity index (χ1v) is 12.8. The van der Waals surface area contributed by atoms with Gasteiger partial charge in [-0.15, -0.1) is 11.3 Å². The van der Waals surface area contributed by atoms with Crippen LogP contribution >= 0.6 is 22.9 Å². The molecule has 0 aliphatic heterocycles. The lowest BCUT2D eigenvalue weighted by Gasteiger charge is -2.32. The Labute approximate surface area is 211 Å². The summed E-state index contributed by atoms with van der Waals surface area (Å²) in [6, 6.07) is 19.1. The van der Waals surface area contributed by atoms with Crippen LogP contribution in [0.1, 0.15) is 45.7 Å². The molecule has 2 amide bonds. The Hall–Kier alpha value is -3.42. The monoisotopic (exact) mass is 505 g/mol. The highest BCUT2D eigenvalue weighted by Crippen LogP contribution is 2.29. The number of carbonyl (C=O) groups excluding carboxylic acids is 2. The summed E-state index contributed by atoms with van der Waals surface area (Å²) in [5.41, 5.74) is 1.07. The van der Waals surface area contributed by atoms with Crippen LogP contribution in [0.5, 0.6) is 0 Å². The molecule has 0 saturated heterocycles. The minimum absolute atomic E-state index is 0.132. The molecule has 0 radical (unpaired) electrons. The van der Waals surface area contributed by atoms with Crippen molar-refractivity contribution in [3.05, 3.63) is 98.7 Å². The van der Waals surface area contributed by atoms with E-state index < -0.39 is 0 Å². The maximum absolute atomic E-state index is 13.0. The maximum Gasteiger partial charge on any atom is 0.261 e. The fourth-order valence-electron chi connectivity index (χ4n) is 4.50. The highest BCUT2D eigenvalue weighted by molar-refractivity contribution is 7.20. The number of fused-ring (bicyclic) bond motifs is 1. The van der Waals surface area contributed by atoms with Crippen LogP contribution in [0.25, 0.3) is 15.8 Å². The smallest absolute Gasteiger partial charge is 0.261 e. The summed E-state index contributed by atoms with van der Waals surface area (Å²) >= 11 is 7.49. The fourth-order valence-corrected chi connectivity index (χ4v) is 5.74. The lowest BCUT2D eigenvalue weighted by atomic mass is 9.90. The number of aromatic nitrogens is 1. The molecule has 2 heterocycles. The van der Waals surface area contributed by atoms with Crippen LogP contribution in [0.3, 0.4) is 0 Å². The number of halogens is 1. The molecule has 2 atom stereocenters. The topological polar surface area (TPSA) is 80.2 Å². The van der Waals surface area contributed by atoms with Crippen LogP contribution in [0.2, 0.25) is 5.02 Å². The van der Waals surface area contributed by atoms with Crippen molar-refractivity contribution < 1.29 is 9.59 Å². The van der Waals surface area contributed by atoms with Gasteiger partial charge in [0.25, 0.3) is 17.4 Å². The van der Waals surface area contributed by atoms with Crippen LogP contribution in [0.15, 0.2) is 77.7 Å². The Morgan fingerprint density at radius 1 is 0.886 bits per heavy atom. The number of amides is 2. The highest BCUT2D eigenvalue weighted by Gasteiger charge is 2.29. The van der Waals surface area contributed by atoms with E-state index in [4.69, 9.17) is 11.6 Å². The van der Waals surface area contributed by atoms with Gasteiger partial charge >= 0.3 is 0 Å². The van der Waals surface area contributed by atoms with Crippen LogP contribution in [0, 0.1) is 0 Å². The summed E-state index contributed by atoms with van der Waals surface area (Å²) in [5.74, 6) is -0.328. The molecular weight excluding hydrogens is 482 g/mol. The number of hydrogen-bond acceptors (Lipinski definition) is 4. The lowest BCUT2D eigenvalue weighted by Crippen LogP contribution is -2.53. The molecule has 5 rings (SSSR count). The van der Waals surface area contributed by atoms with E-state index in [2.05, 4.69) is 10.6 Å². The van der Waals surface area contributed by atoms with Gasteiger partial charge in [0.05, 0.1) is 4.88 Å². The number of benzene rings is 2. The number of nitrogens with one attached hydrogen (secondary N) is 2. The van der Waals surface area contributed by atoms with E-state index >= 15 is 0 Å². The van der Waals surface area contributed by atoms with Crippen molar-refractivity contribution in [2.24, 2.45) is 0 Å². The predicted octanol–water partition coefficient (Wildman–Crippen LogP) is 5.18. The van der Waals surface area contributed by atoms with Gasteiger partial charge in [0.1, 0.15) is 0 Å². The molecule has 0 bridgehead atoms. The van der Waals surface area contributed by atoms with Gasteiger partial charge in [-0.05, 0) is 66.8 Å². The summed E-state index contributed by atoms with van der Waals surface area (Å²) in [5, 5.41) is 7.88. The maximum atomic E-state index is 13.0. The van der Waals surface area contributed by atoms with E-state index in [0.29, 0.717) is 21.2 Å². The predicted molar refractivity (Wildman–Crippen MR) is 140 cm³/mol. The summed E-state index contributed by atoms with van der Waals surface area (Å²) in [4.78, 5) is 38.6. The summed E-state index contributed by atoms with van der Waals surface area (Å²) in [7, 11) is 0. The third kappa shape index (κ3) is 5.16. The molecule has 1 aliphatic carbocycles. The summed E-state index contributed by atoms with van der Waals surface area (Å²) < 4.78 is 2.49. The van der Waals surface area contributed by atoms with E-state index in [1.54, 1.807) is 42.6 Å². The molecule has 6 nitrogen and oxygen atoms in total. The molecule has 1 fully saturated rings. The van der Waals surface area contributed by atoms with E-state index in [1.165, 1.54) is 22.0 Å². The van der Waals surface area contributed by atoms with Crippen LogP contribution in [-0.2, 0) is 0 Å². The van der Waals surface area contributed by atoms with Gasteiger partial charge in [0, 0.05) is 45.3 Å². The van der Waals surface area contributed by atoms with Crippen LogP contribution < -0.4 is 16.2 Å². The van der Waals surface area contributed by atoms with Gasteiger partial charge in [-0.3, -0.25) is 19.0 Å². The summed E-state index contributed by atoms with van der Waals surface area (Å²) in [6.07, 6.45) is 5.30. The normalized spacial score (nSPS) is 17.7. The van der Waals surface area contributed by atoms with Crippen molar-refractivity contribution in [3.63, 3.8) is 0 Å². The number of hydrogen-bond donors (Lipinski definition) is 2. The van der Waals surface area contributed by atoms with Crippen LogP contribution in [0.4, 0.5) is 0 Å². The van der Waals surface area contributed by atoms with Gasteiger partial charge in [-0.25, -0.2) is 0 Å². The Morgan fingerprint density at radius 2 is 1.60 bits per heavy atom. The third-order valence-corrected chi connectivity index (χ3v) is 7.67. The van der Waals surface area contributed by atoms with Crippen molar-refractivity contribution in [2.75, 3.05) is 0 Å². The summed E-state index contributed by atoms with van der Waals surface area (Å²) in [6.45, 7) is 0. The first-order chi connectivity index (χ1) is 17.0. The Kier molecular flexibility index (Phi) is 6.70. The van der Waals surface area contributed by atoms with Gasteiger partial charge in [-0.1, -0.05) is 36.6 Å². The first kappa shape index (κ1) is 23.3. The molecule has 2 unspecified atom stereocenters. The first-order valence-electron chi connectivity index (χ1n) is 11.6. The SMILES string of the molecule is O=C(NC1CCCCC1NC(=O)c1cc2ccc(Cl)cc2s1)c1ccc(-n2ccccc2=O)cc1. The van der Waals surface area contributed by atoms with E-state index in [-0.39, 0.29) is 29.5 Å². The molecule has 2 N–H and O–H groups in total. The average Bonchev–Trinajstić information content (AvgIpc) is 3.29. The minimum atomic E-state index is -0.195. The molecule has 0 spiro atoms. The van der Waals surface area contributed by atoms with Gasteiger partial charge < -0.3 is 10.6 Å². The van der Waals surface area contributed by atoms with Gasteiger partial charge in [0.2, 0.25) is 0 Å². The highest BCUT2D eigenvalue weighted by atomic mass is 35.5. The number of thiophene rings is 1. The Balaban J connectivity index is 1.27. The minimum Gasteiger partial charge on any atom is -0.347 e. The van der Waals surface area contributed by atoms with Crippen molar-refractivity contribution in [2.45, 2.75) is 37.8 Å². The zero-order valence-corrected chi connectivity index (χ0v) is 20.4. The zero-order valence-electron chi connectivity index (χ0n) is 18.9. The molecule has 4 aromatic rings. The number of carbonyl (C=O) groups is 2. The Bertz CT molecular complexity index is 1440. The molecular formula is C27H24ClN3O3S. The second-order valence-electron chi connectivity index (χ2n) is 8.69. The second kappa shape index (κ2) is 10.1. The molecule has 1 aliphatic rings. The van der Waals surface area contributed by atoms with Crippen molar-refractivity contribution in [1.82, 2.24) is 15.2 Å². The standard InChI is InChI=1S/C27H24ClN3O3S/c28-19-11-8-18-15-24(35-23(18)16-19)27(34)30-22-6-2-1-5-21(22)29-26(33)17-9-12-20(13-10-17)31-14-4-3-7-25(31)32/h3-4,7-16,21-22H,1-2,5-6H2,(H,29,33)(H,30,34). The van der Waals surface area contributed by atoms with Crippen molar-refractivity contribution in [1.29, 1.82) is 0 Å². The van der Waals surface area contributed by atoms with Gasteiger partial charge in [0.15, 0.2) is 0 Å². The fraction of sp³-hybridized carbons (Fsp3) is 0.222. The van der Waals surface area contributed by atoms with E-state index in [9.17, 15) is 14.4 Å². The number of pyridine rings is 1. The molecule has 2 aromatic carbocycles. The largest absolute Gasteiger partial charge is 0.347 e. The van der Waals surface area contributed by atoms with Crippen molar-refractivity contribution >= 4 is 44.8 Å². The zero-order chi connectivity index (χ0) is 24.4. The van der Waals surface area contributed by atoms with E-state index in [0.717, 1.165) is 35.8 Å². The molecule has 8 heteroatoms. The molecule has 35 heavy (non-hydrogen) atoms. The molecule has 2 aromatic heterocycles. The van der Waals surface area contributed by atoms with Crippen molar-refractivity contribution in [3.8, 4) is 5.69 Å².